The first kappa shape index (κ1) is 23.3. The van der Waals surface area contributed by atoms with Crippen LogP contribution in [-0.2, 0) is 20.1 Å². The van der Waals surface area contributed by atoms with Gasteiger partial charge in [0.05, 0.1) is 11.2 Å². The van der Waals surface area contributed by atoms with E-state index >= 15 is 0 Å². The third-order valence-corrected chi connectivity index (χ3v) is 6.34. The Morgan fingerprint density at radius 3 is 2.33 bits per heavy atom. The topological polar surface area (TPSA) is 91.7 Å². The fourth-order valence-electron chi connectivity index (χ4n) is 4.59. The summed E-state index contributed by atoms with van der Waals surface area (Å²) in [4.78, 5) is 30.6. The summed E-state index contributed by atoms with van der Waals surface area (Å²) in [7, 11) is 1.54. The SMILES string of the molecule is Cc1c2c(c(Nc3ccccc3)n1Cc1ccc(-n3cncn3)cc1)c(=O)n(C)c(=O)n2CC(C)C. The van der Waals surface area contributed by atoms with Gasteiger partial charge in [-0.3, -0.25) is 13.9 Å². The van der Waals surface area contributed by atoms with E-state index in [1.54, 1.807) is 22.6 Å². The highest BCUT2D eigenvalue weighted by Gasteiger charge is 2.23. The third-order valence-electron chi connectivity index (χ3n) is 6.34. The zero-order chi connectivity index (χ0) is 25.4. The summed E-state index contributed by atoms with van der Waals surface area (Å²) in [5.41, 5.74) is 3.75. The molecular weight excluding hydrogens is 454 g/mol. The van der Waals surface area contributed by atoms with Crippen LogP contribution >= 0.6 is 0 Å². The molecule has 0 atom stereocenters. The molecule has 0 amide bonds. The molecule has 0 saturated carbocycles. The van der Waals surface area contributed by atoms with E-state index < -0.39 is 0 Å². The van der Waals surface area contributed by atoms with Gasteiger partial charge in [0.25, 0.3) is 5.56 Å². The Hall–Kier alpha value is -4.40. The maximum Gasteiger partial charge on any atom is 0.331 e. The van der Waals surface area contributed by atoms with Crippen LogP contribution in [0.15, 0.2) is 76.8 Å². The minimum atomic E-state index is -0.309. The lowest BCUT2D eigenvalue weighted by molar-refractivity contribution is 0.502. The normalized spacial score (nSPS) is 11.5. The molecule has 5 aromatic rings. The molecule has 1 N–H and O–H groups in total. The fourth-order valence-corrected chi connectivity index (χ4v) is 4.59. The van der Waals surface area contributed by atoms with Crippen molar-refractivity contribution in [3.05, 3.63) is 99.3 Å². The van der Waals surface area contributed by atoms with Crippen LogP contribution < -0.4 is 16.6 Å². The number of nitrogens with one attached hydrogen (secondary N) is 1. The van der Waals surface area contributed by atoms with Crippen molar-refractivity contribution in [2.24, 2.45) is 13.0 Å². The molecule has 0 spiro atoms. The molecule has 3 heterocycles. The summed E-state index contributed by atoms with van der Waals surface area (Å²) < 4.78 is 6.73. The quantitative estimate of drug-likeness (QED) is 0.380. The molecule has 0 aliphatic carbocycles. The van der Waals surface area contributed by atoms with Crippen molar-refractivity contribution in [2.75, 3.05) is 5.32 Å². The fraction of sp³-hybridized carbons (Fsp3) is 0.259. The standard InChI is InChI=1S/C27H29N7O2/c1-18(2)14-33-24-19(3)32(15-20-10-12-22(13-11-20)34-17-28-16-29-34)25(30-21-8-6-5-7-9-21)23(24)26(35)31(4)27(33)36/h5-13,16-18,30H,14-15H2,1-4H3. The average Bonchev–Trinajstić information content (AvgIpc) is 3.50. The van der Waals surface area contributed by atoms with E-state index in [0.717, 1.165) is 22.6 Å². The van der Waals surface area contributed by atoms with Crippen molar-refractivity contribution >= 4 is 22.4 Å². The van der Waals surface area contributed by atoms with Gasteiger partial charge in [0.1, 0.15) is 23.9 Å². The van der Waals surface area contributed by atoms with E-state index in [9.17, 15) is 9.59 Å². The van der Waals surface area contributed by atoms with Crippen molar-refractivity contribution < 1.29 is 0 Å². The van der Waals surface area contributed by atoms with E-state index in [1.165, 1.54) is 10.9 Å². The molecule has 0 radical (unpaired) electrons. The highest BCUT2D eigenvalue weighted by Crippen LogP contribution is 2.31. The summed E-state index contributed by atoms with van der Waals surface area (Å²) in [6.07, 6.45) is 3.16. The van der Waals surface area contributed by atoms with Gasteiger partial charge >= 0.3 is 5.69 Å². The number of hydrogen-bond acceptors (Lipinski definition) is 5. The Labute approximate surface area is 208 Å². The smallest absolute Gasteiger partial charge is 0.331 e. The van der Waals surface area contributed by atoms with E-state index in [1.807, 2.05) is 61.5 Å². The zero-order valence-electron chi connectivity index (χ0n) is 20.8. The molecule has 3 aromatic heterocycles. The minimum Gasteiger partial charge on any atom is -0.341 e. The predicted molar refractivity (Wildman–Crippen MR) is 141 cm³/mol. The van der Waals surface area contributed by atoms with Crippen LogP contribution in [0.4, 0.5) is 11.5 Å². The monoisotopic (exact) mass is 483 g/mol. The Morgan fingerprint density at radius 1 is 0.972 bits per heavy atom. The number of aryl methyl sites for hydroxylation is 1. The third kappa shape index (κ3) is 4.13. The van der Waals surface area contributed by atoms with Crippen LogP contribution in [0.3, 0.4) is 0 Å². The molecule has 2 aromatic carbocycles. The van der Waals surface area contributed by atoms with Gasteiger partial charge in [-0.1, -0.05) is 44.2 Å². The van der Waals surface area contributed by atoms with Crippen LogP contribution in [-0.4, -0.2) is 28.5 Å². The summed E-state index contributed by atoms with van der Waals surface area (Å²) >= 11 is 0. The zero-order valence-corrected chi connectivity index (χ0v) is 20.8. The molecule has 9 heteroatoms. The van der Waals surface area contributed by atoms with E-state index in [4.69, 9.17) is 0 Å². The number of rotatable bonds is 7. The summed E-state index contributed by atoms with van der Waals surface area (Å²) in [5.74, 6) is 0.910. The lowest BCUT2D eigenvalue weighted by Gasteiger charge is -2.14. The number of anilines is 2. The maximum absolute atomic E-state index is 13.5. The first-order valence-electron chi connectivity index (χ1n) is 11.9. The van der Waals surface area contributed by atoms with Gasteiger partial charge in [-0.2, -0.15) is 5.10 Å². The molecule has 0 saturated heterocycles. The van der Waals surface area contributed by atoms with Crippen molar-refractivity contribution in [3.63, 3.8) is 0 Å². The lowest BCUT2D eigenvalue weighted by atomic mass is 10.2. The molecule has 0 fully saturated rings. The molecule has 0 bridgehead atoms. The van der Waals surface area contributed by atoms with Crippen LogP contribution in [0.5, 0.6) is 0 Å². The molecule has 5 rings (SSSR count). The Bertz CT molecular complexity index is 1620. The van der Waals surface area contributed by atoms with Crippen molar-refractivity contribution in [1.29, 1.82) is 0 Å². The number of aromatic nitrogens is 6. The Kier molecular flexibility index (Phi) is 6.05. The number of benzene rings is 2. The molecular formula is C27H29N7O2. The molecule has 184 valence electrons. The van der Waals surface area contributed by atoms with Crippen LogP contribution in [0, 0.1) is 12.8 Å². The van der Waals surface area contributed by atoms with Gasteiger partial charge in [0.15, 0.2) is 0 Å². The minimum absolute atomic E-state index is 0.237. The molecule has 9 nitrogen and oxygen atoms in total. The first-order valence-corrected chi connectivity index (χ1v) is 11.9. The highest BCUT2D eigenvalue weighted by molar-refractivity contribution is 5.94. The van der Waals surface area contributed by atoms with Crippen molar-refractivity contribution in [1.82, 2.24) is 28.5 Å². The van der Waals surface area contributed by atoms with E-state index in [2.05, 4.69) is 33.8 Å². The number of para-hydroxylation sites is 1. The van der Waals surface area contributed by atoms with Gasteiger partial charge in [-0.05, 0) is 42.7 Å². The Balaban J connectivity index is 1.70. The lowest BCUT2D eigenvalue weighted by Crippen LogP contribution is -2.38. The Morgan fingerprint density at radius 2 is 1.69 bits per heavy atom. The van der Waals surface area contributed by atoms with Crippen molar-refractivity contribution in [3.8, 4) is 5.69 Å². The predicted octanol–water partition coefficient (Wildman–Crippen LogP) is 3.84. The number of nitrogens with zero attached hydrogens (tertiary/aromatic N) is 6. The summed E-state index contributed by atoms with van der Waals surface area (Å²) in [6.45, 7) is 7.14. The summed E-state index contributed by atoms with van der Waals surface area (Å²) in [5, 5.41) is 8.17. The number of fused-ring (bicyclic) bond motifs is 1. The molecule has 36 heavy (non-hydrogen) atoms. The van der Waals surface area contributed by atoms with Gasteiger partial charge in [-0.25, -0.2) is 14.5 Å². The van der Waals surface area contributed by atoms with Crippen LogP contribution in [0.2, 0.25) is 0 Å². The maximum atomic E-state index is 13.5. The van der Waals surface area contributed by atoms with Gasteiger partial charge in [-0.15, -0.1) is 0 Å². The average molecular weight is 484 g/mol. The molecule has 0 unspecified atom stereocenters. The van der Waals surface area contributed by atoms with Gasteiger partial charge in [0, 0.05) is 31.5 Å². The first-order chi connectivity index (χ1) is 17.3. The van der Waals surface area contributed by atoms with Crippen LogP contribution in [0.1, 0.15) is 25.1 Å². The van der Waals surface area contributed by atoms with Crippen molar-refractivity contribution in [2.45, 2.75) is 33.9 Å². The second kappa shape index (κ2) is 9.33. The largest absolute Gasteiger partial charge is 0.341 e. The number of hydrogen-bond donors (Lipinski definition) is 1. The molecule has 0 aliphatic rings. The second-order valence-corrected chi connectivity index (χ2v) is 9.39. The van der Waals surface area contributed by atoms with E-state index in [0.29, 0.717) is 29.8 Å². The highest BCUT2D eigenvalue weighted by atomic mass is 16.2. The summed E-state index contributed by atoms with van der Waals surface area (Å²) in [6, 6.07) is 17.8. The van der Waals surface area contributed by atoms with E-state index in [-0.39, 0.29) is 17.2 Å². The van der Waals surface area contributed by atoms with Crippen LogP contribution in [0.25, 0.3) is 16.6 Å². The molecule has 0 aliphatic heterocycles. The van der Waals surface area contributed by atoms with Gasteiger partial charge in [0.2, 0.25) is 0 Å². The van der Waals surface area contributed by atoms with Gasteiger partial charge < -0.3 is 9.88 Å². The second-order valence-electron chi connectivity index (χ2n) is 9.39.